The number of amides is 1. The Morgan fingerprint density at radius 2 is 2.38 bits per heavy atom. The molecule has 1 aromatic heterocycles. The fourth-order valence-electron chi connectivity index (χ4n) is 1.64. The number of carbonyl (C=O) groups excluding carboxylic acids is 1. The summed E-state index contributed by atoms with van der Waals surface area (Å²) < 4.78 is 13.5. The van der Waals surface area contributed by atoms with Crippen LogP contribution in [0.3, 0.4) is 0 Å². The van der Waals surface area contributed by atoms with Gasteiger partial charge in [-0.25, -0.2) is 9.97 Å². The fourth-order valence-corrected chi connectivity index (χ4v) is 1.76. The summed E-state index contributed by atoms with van der Waals surface area (Å²) in [5.41, 5.74) is 0. The molecule has 1 amide bonds. The second-order valence-corrected chi connectivity index (χ2v) is 3.92. The number of carbonyl (C=O) groups is 1. The summed E-state index contributed by atoms with van der Waals surface area (Å²) in [5.74, 6) is -1.38. The van der Waals surface area contributed by atoms with Gasteiger partial charge in [0, 0.05) is 25.5 Å². The minimum Gasteiger partial charge on any atom is -0.396 e. The Morgan fingerprint density at radius 1 is 1.62 bits per heavy atom. The highest BCUT2D eigenvalue weighted by Gasteiger charge is 2.33. The topological polar surface area (TPSA) is 66.3 Å². The van der Waals surface area contributed by atoms with Crippen molar-refractivity contribution in [3.63, 3.8) is 0 Å². The van der Waals surface area contributed by atoms with Crippen molar-refractivity contribution in [3.8, 4) is 0 Å². The lowest BCUT2D eigenvalue weighted by atomic mass is 10.1. The molecule has 1 fully saturated rings. The van der Waals surface area contributed by atoms with Gasteiger partial charge in [0.15, 0.2) is 11.0 Å². The predicted molar refractivity (Wildman–Crippen MR) is 54.5 cm³/mol. The summed E-state index contributed by atoms with van der Waals surface area (Å²) in [5, 5.41) is 8.63. The predicted octanol–water partition coefficient (Wildman–Crippen LogP) is 0.614. The number of halogens is 2. The van der Waals surface area contributed by atoms with Gasteiger partial charge >= 0.3 is 0 Å². The van der Waals surface area contributed by atoms with E-state index in [0.717, 1.165) is 6.33 Å². The number of anilines is 1. The van der Waals surface area contributed by atoms with Crippen LogP contribution in [0.4, 0.5) is 10.2 Å². The van der Waals surface area contributed by atoms with Crippen LogP contribution in [-0.4, -0.2) is 34.1 Å². The number of aliphatic hydroxyl groups is 1. The van der Waals surface area contributed by atoms with E-state index in [-0.39, 0.29) is 42.4 Å². The molecule has 1 saturated heterocycles. The van der Waals surface area contributed by atoms with Crippen LogP contribution in [0.25, 0.3) is 0 Å². The second kappa shape index (κ2) is 4.31. The van der Waals surface area contributed by atoms with Gasteiger partial charge in [-0.1, -0.05) is 11.6 Å². The third-order valence-corrected chi connectivity index (χ3v) is 2.71. The molecule has 5 nitrogen and oxygen atoms in total. The van der Waals surface area contributed by atoms with E-state index in [1.165, 1.54) is 4.90 Å². The zero-order valence-corrected chi connectivity index (χ0v) is 8.98. The molecule has 0 saturated carbocycles. The van der Waals surface area contributed by atoms with Gasteiger partial charge in [-0.15, -0.1) is 0 Å². The molecule has 2 heterocycles. The Balaban J connectivity index is 2.31. The molecule has 1 unspecified atom stereocenters. The van der Waals surface area contributed by atoms with E-state index < -0.39 is 5.82 Å². The van der Waals surface area contributed by atoms with E-state index in [0.29, 0.717) is 0 Å². The average molecular weight is 246 g/mol. The molecule has 1 aliphatic rings. The number of hydrogen-bond acceptors (Lipinski definition) is 4. The van der Waals surface area contributed by atoms with Gasteiger partial charge in [0.25, 0.3) is 0 Å². The summed E-state index contributed by atoms with van der Waals surface area (Å²) in [6.07, 6.45) is 1.29. The van der Waals surface area contributed by atoms with Gasteiger partial charge in [0.2, 0.25) is 11.7 Å². The first-order chi connectivity index (χ1) is 7.63. The van der Waals surface area contributed by atoms with Crippen molar-refractivity contribution in [3.05, 3.63) is 17.3 Å². The molecular weight excluding hydrogens is 237 g/mol. The molecular formula is C9H9ClFN3O2. The lowest BCUT2D eigenvalue weighted by Gasteiger charge is -2.15. The molecule has 2 rings (SSSR count). The average Bonchev–Trinajstić information content (AvgIpc) is 2.64. The number of hydrogen-bond donors (Lipinski definition) is 1. The lowest BCUT2D eigenvalue weighted by molar-refractivity contribution is -0.117. The molecule has 0 aromatic carbocycles. The van der Waals surface area contributed by atoms with Crippen LogP contribution >= 0.6 is 11.6 Å². The van der Waals surface area contributed by atoms with Crippen molar-refractivity contribution in [1.29, 1.82) is 0 Å². The van der Waals surface area contributed by atoms with Gasteiger partial charge in [0.05, 0.1) is 0 Å². The quantitative estimate of drug-likeness (QED) is 0.776. The number of rotatable bonds is 2. The Morgan fingerprint density at radius 3 is 3.00 bits per heavy atom. The van der Waals surface area contributed by atoms with Crippen molar-refractivity contribution in [1.82, 2.24) is 9.97 Å². The van der Waals surface area contributed by atoms with Gasteiger partial charge in [-0.2, -0.15) is 4.39 Å². The molecule has 0 spiro atoms. The molecule has 0 bridgehead atoms. The maximum absolute atomic E-state index is 13.5. The first kappa shape index (κ1) is 11.2. The zero-order valence-electron chi connectivity index (χ0n) is 8.23. The van der Waals surface area contributed by atoms with E-state index in [1.54, 1.807) is 0 Å². The highest BCUT2D eigenvalue weighted by Crippen LogP contribution is 2.27. The van der Waals surface area contributed by atoms with Crippen LogP contribution in [0.15, 0.2) is 6.33 Å². The highest BCUT2D eigenvalue weighted by molar-refractivity contribution is 6.29. The van der Waals surface area contributed by atoms with Crippen molar-refractivity contribution in [2.45, 2.75) is 6.42 Å². The van der Waals surface area contributed by atoms with E-state index in [4.69, 9.17) is 16.7 Å². The zero-order chi connectivity index (χ0) is 11.7. The van der Waals surface area contributed by atoms with Gasteiger partial charge in [-0.05, 0) is 0 Å². The maximum Gasteiger partial charge on any atom is 0.228 e. The van der Waals surface area contributed by atoms with Crippen molar-refractivity contribution < 1.29 is 14.3 Å². The van der Waals surface area contributed by atoms with Gasteiger partial charge in [-0.3, -0.25) is 9.69 Å². The van der Waals surface area contributed by atoms with Gasteiger partial charge in [0.1, 0.15) is 6.33 Å². The summed E-state index contributed by atoms with van der Waals surface area (Å²) in [7, 11) is 0. The third-order valence-electron chi connectivity index (χ3n) is 2.45. The number of aliphatic hydroxyl groups excluding tert-OH is 1. The van der Waals surface area contributed by atoms with E-state index >= 15 is 0 Å². The molecule has 1 atom stereocenters. The number of nitrogens with zero attached hydrogens (tertiary/aromatic N) is 3. The second-order valence-electron chi connectivity index (χ2n) is 3.56. The molecule has 7 heteroatoms. The molecule has 1 aliphatic heterocycles. The summed E-state index contributed by atoms with van der Waals surface area (Å²) in [6, 6.07) is 0. The lowest BCUT2D eigenvalue weighted by Crippen LogP contribution is -2.27. The fraction of sp³-hybridized carbons (Fsp3) is 0.444. The van der Waals surface area contributed by atoms with E-state index in [9.17, 15) is 9.18 Å². The summed E-state index contributed by atoms with van der Waals surface area (Å²) in [6.45, 7) is 0.141. The third kappa shape index (κ3) is 1.85. The van der Waals surface area contributed by atoms with E-state index in [2.05, 4.69) is 9.97 Å². The monoisotopic (exact) mass is 245 g/mol. The Kier molecular flexibility index (Phi) is 3.02. The Labute approximate surface area is 95.9 Å². The van der Waals surface area contributed by atoms with Crippen LogP contribution in [0.5, 0.6) is 0 Å². The van der Waals surface area contributed by atoms with Crippen LogP contribution in [0.2, 0.25) is 5.15 Å². The van der Waals surface area contributed by atoms with Gasteiger partial charge < -0.3 is 5.11 Å². The van der Waals surface area contributed by atoms with Crippen LogP contribution in [0, 0.1) is 11.7 Å². The molecule has 1 aromatic rings. The summed E-state index contributed by atoms with van der Waals surface area (Å²) in [4.78, 5) is 19.9. The first-order valence-corrected chi connectivity index (χ1v) is 5.08. The Bertz CT molecular complexity index is 429. The highest BCUT2D eigenvalue weighted by atomic mass is 35.5. The largest absolute Gasteiger partial charge is 0.396 e. The van der Waals surface area contributed by atoms with Crippen molar-refractivity contribution in [2.75, 3.05) is 18.1 Å². The summed E-state index contributed by atoms with van der Waals surface area (Å²) >= 11 is 5.50. The number of aromatic nitrogens is 2. The Hall–Kier alpha value is -1.27. The molecule has 86 valence electrons. The normalized spacial score (nSPS) is 20.6. The maximum atomic E-state index is 13.5. The van der Waals surface area contributed by atoms with E-state index in [1.807, 2.05) is 0 Å². The minimum absolute atomic E-state index is 0.108. The molecule has 0 aliphatic carbocycles. The molecule has 0 radical (unpaired) electrons. The van der Waals surface area contributed by atoms with Crippen LogP contribution < -0.4 is 4.90 Å². The molecule has 1 N–H and O–H groups in total. The van der Waals surface area contributed by atoms with Crippen molar-refractivity contribution >= 4 is 23.3 Å². The standard InChI is InChI=1S/C9H9ClFN3O2/c10-8-7(11)9(13-4-12-8)14-2-5(3-15)1-6(14)16/h4-5,15H,1-3H2. The van der Waals surface area contributed by atoms with Crippen LogP contribution in [-0.2, 0) is 4.79 Å². The van der Waals surface area contributed by atoms with Crippen molar-refractivity contribution in [2.24, 2.45) is 5.92 Å². The first-order valence-electron chi connectivity index (χ1n) is 4.70. The molecule has 16 heavy (non-hydrogen) atoms. The SMILES string of the molecule is O=C1CC(CO)CN1c1ncnc(Cl)c1F. The smallest absolute Gasteiger partial charge is 0.228 e. The van der Waals surface area contributed by atoms with Crippen LogP contribution in [0.1, 0.15) is 6.42 Å². The minimum atomic E-state index is -0.809.